The molecule has 0 radical (unpaired) electrons. The van der Waals surface area contributed by atoms with Crippen molar-refractivity contribution in [3.8, 4) is 11.8 Å². The standard InChI is InChI=1S/C35H44FN7O4S/c1-6-8-33(44)43-13-7-9-28(43)25-15-29(42-18-23(19-42)21-48(5,45)46)26-17-38-32(16-24(26)34(25)22(2)3)39-31-10-12-37-35(40-31)41-14-11-30(47-4)27(36)20-41/h10,12,15-17,22-23,27-28,30H,7,9,11,13-14,18-21H2,1-5H3,(H,37,38,39,40)/t27-,28+,30+/m0/s1. The average molecular weight is 678 g/mol. The third-order valence-corrected chi connectivity index (χ3v) is 10.6. The van der Waals surface area contributed by atoms with E-state index in [0.717, 1.165) is 40.4 Å². The van der Waals surface area contributed by atoms with E-state index in [-0.39, 0.29) is 36.1 Å². The van der Waals surface area contributed by atoms with Gasteiger partial charge >= 0.3 is 0 Å². The Kier molecular flexibility index (Phi) is 9.76. The number of nitrogens with zero attached hydrogens (tertiary/aromatic N) is 6. The highest BCUT2D eigenvalue weighted by Gasteiger charge is 2.36. The zero-order chi connectivity index (χ0) is 34.2. The molecule has 0 unspecified atom stereocenters. The van der Waals surface area contributed by atoms with Gasteiger partial charge in [-0.2, -0.15) is 4.98 Å². The minimum absolute atomic E-state index is 0.0569. The molecule has 0 aliphatic carbocycles. The molecule has 3 atom stereocenters. The number of aromatic nitrogens is 3. The van der Waals surface area contributed by atoms with E-state index in [1.165, 1.54) is 13.4 Å². The van der Waals surface area contributed by atoms with Gasteiger partial charge in [0.05, 0.1) is 24.4 Å². The number of amides is 1. The molecule has 2 aromatic heterocycles. The highest BCUT2D eigenvalue weighted by atomic mass is 32.2. The Labute approximate surface area is 282 Å². The summed E-state index contributed by atoms with van der Waals surface area (Å²) in [6, 6.07) is 5.86. The van der Waals surface area contributed by atoms with Gasteiger partial charge in [-0.1, -0.05) is 19.8 Å². The Balaban J connectivity index is 1.38. The Bertz CT molecular complexity index is 1850. The summed E-state index contributed by atoms with van der Waals surface area (Å²) in [6.07, 6.45) is 5.51. The number of alkyl halides is 1. The van der Waals surface area contributed by atoms with E-state index in [4.69, 9.17) is 9.72 Å². The summed E-state index contributed by atoms with van der Waals surface area (Å²) >= 11 is 0. The number of likely N-dealkylation sites (tertiary alicyclic amines) is 1. The van der Waals surface area contributed by atoms with Crippen LogP contribution < -0.4 is 15.1 Å². The number of benzene rings is 1. The number of nitrogens with one attached hydrogen (secondary N) is 1. The van der Waals surface area contributed by atoms with Gasteiger partial charge in [0.2, 0.25) is 5.95 Å². The topological polar surface area (TPSA) is 121 Å². The van der Waals surface area contributed by atoms with Gasteiger partial charge in [-0.15, -0.1) is 0 Å². The quantitative estimate of drug-likeness (QED) is 0.321. The monoisotopic (exact) mass is 677 g/mol. The highest BCUT2D eigenvalue weighted by molar-refractivity contribution is 7.90. The maximum atomic E-state index is 14.6. The summed E-state index contributed by atoms with van der Waals surface area (Å²) < 4.78 is 43.9. The van der Waals surface area contributed by atoms with Gasteiger partial charge in [-0.05, 0) is 72.7 Å². The summed E-state index contributed by atoms with van der Waals surface area (Å²) in [5, 5.41) is 5.32. The molecule has 0 bridgehead atoms. The molecular weight excluding hydrogens is 633 g/mol. The number of halogens is 1. The first kappa shape index (κ1) is 33.9. The van der Waals surface area contributed by atoms with Gasteiger partial charge in [0, 0.05) is 68.9 Å². The summed E-state index contributed by atoms with van der Waals surface area (Å²) in [7, 11) is -1.56. The molecule has 13 heteroatoms. The van der Waals surface area contributed by atoms with Crippen molar-refractivity contribution in [1.29, 1.82) is 0 Å². The molecule has 0 saturated carbocycles. The van der Waals surface area contributed by atoms with Gasteiger partial charge in [0.15, 0.2) is 0 Å². The Morgan fingerprint density at radius 3 is 2.58 bits per heavy atom. The predicted molar refractivity (Wildman–Crippen MR) is 186 cm³/mol. The molecule has 1 amide bonds. The molecule has 256 valence electrons. The number of hydrogen-bond donors (Lipinski definition) is 1. The summed E-state index contributed by atoms with van der Waals surface area (Å²) in [5.41, 5.74) is 3.21. The number of sulfone groups is 1. The number of fused-ring (bicyclic) bond motifs is 1. The molecule has 11 nitrogen and oxygen atoms in total. The van der Waals surface area contributed by atoms with Crippen molar-refractivity contribution in [2.24, 2.45) is 5.92 Å². The SMILES string of the molecule is CC#CC(=O)N1CCC[C@@H]1c1cc(N2CC(CS(C)(=O)=O)C2)c2cnc(Nc3ccnc(N4CC[C@@H](OC)[C@@H](F)C4)n3)cc2c1C(C)C. The largest absolute Gasteiger partial charge is 0.378 e. The van der Waals surface area contributed by atoms with Crippen LogP contribution in [0, 0.1) is 17.8 Å². The van der Waals surface area contributed by atoms with E-state index in [2.05, 4.69) is 51.9 Å². The minimum Gasteiger partial charge on any atom is -0.378 e. The van der Waals surface area contributed by atoms with Crippen LogP contribution in [-0.2, 0) is 19.4 Å². The molecule has 48 heavy (non-hydrogen) atoms. The predicted octanol–water partition coefficient (Wildman–Crippen LogP) is 4.62. The number of rotatable bonds is 9. The zero-order valence-corrected chi connectivity index (χ0v) is 29.1. The van der Waals surface area contributed by atoms with Crippen LogP contribution in [0.2, 0.25) is 0 Å². The van der Waals surface area contributed by atoms with E-state index < -0.39 is 22.1 Å². The first-order valence-electron chi connectivity index (χ1n) is 16.6. The molecule has 3 aliphatic rings. The molecule has 3 fully saturated rings. The van der Waals surface area contributed by atoms with Crippen LogP contribution in [0.4, 0.5) is 27.7 Å². The molecule has 3 aromatic rings. The lowest BCUT2D eigenvalue weighted by molar-refractivity contribution is -0.126. The summed E-state index contributed by atoms with van der Waals surface area (Å²) in [4.78, 5) is 32.9. The lowest BCUT2D eigenvalue weighted by Gasteiger charge is -2.42. The highest BCUT2D eigenvalue weighted by Crippen LogP contribution is 2.45. The molecule has 0 spiro atoms. The van der Waals surface area contributed by atoms with Gasteiger partial charge in [-0.3, -0.25) is 4.79 Å². The van der Waals surface area contributed by atoms with Crippen LogP contribution in [0.1, 0.15) is 63.1 Å². The second kappa shape index (κ2) is 13.8. The normalized spacial score (nSPS) is 21.7. The molecule has 6 rings (SSSR count). The fraction of sp³-hybridized carbons (Fsp3) is 0.543. The van der Waals surface area contributed by atoms with Crippen molar-refractivity contribution >= 4 is 49.8 Å². The van der Waals surface area contributed by atoms with Crippen molar-refractivity contribution < 1.29 is 22.3 Å². The van der Waals surface area contributed by atoms with Crippen molar-refractivity contribution in [1.82, 2.24) is 19.9 Å². The zero-order valence-electron chi connectivity index (χ0n) is 28.2. The first-order chi connectivity index (χ1) is 23.0. The van der Waals surface area contributed by atoms with Crippen molar-refractivity contribution in [2.75, 3.05) is 67.0 Å². The van der Waals surface area contributed by atoms with E-state index >= 15 is 0 Å². The van der Waals surface area contributed by atoms with Gasteiger partial charge in [0.25, 0.3) is 5.91 Å². The number of hydrogen-bond acceptors (Lipinski definition) is 10. The molecule has 1 N–H and O–H groups in total. The van der Waals surface area contributed by atoms with E-state index in [9.17, 15) is 17.6 Å². The minimum atomic E-state index is -3.09. The fourth-order valence-corrected chi connectivity index (χ4v) is 8.50. The summed E-state index contributed by atoms with van der Waals surface area (Å²) in [5.74, 6) is 7.24. The third-order valence-electron chi connectivity index (χ3n) is 9.56. The number of methoxy groups -OCH3 is 1. The van der Waals surface area contributed by atoms with Crippen LogP contribution in [0.5, 0.6) is 0 Å². The number of anilines is 4. The van der Waals surface area contributed by atoms with Gasteiger partial charge in [0.1, 0.15) is 27.6 Å². The maximum Gasteiger partial charge on any atom is 0.298 e. The van der Waals surface area contributed by atoms with E-state index in [0.29, 0.717) is 50.2 Å². The van der Waals surface area contributed by atoms with Crippen molar-refractivity contribution in [3.63, 3.8) is 0 Å². The lowest BCUT2D eigenvalue weighted by atomic mass is 9.85. The van der Waals surface area contributed by atoms with E-state index in [1.807, 2.05) is 22.1 Å². The number of carbonyl (C=O) groups is 1. The molecule has 5 heterocycles. The van der Waals surface area contributed by atoms with Crippen LogP contribution in [0.3, 0.4) is 0 Å². The van der Waals surface area contributed by atoms with Crippen molar-refractivity contribution in [2.45, 2.75) is 64.3 Å². The maximum absolute atomic E-state index is 14.6. The number of carbonyl (C=O) groups excluding carboxylic acids is 1. The van der Waals surface area contributed by atoms with E-state index in [1.54, 1.807) is 19.2 Å². The van der Waals surface area contributed by atoms with Crippen LogP contribution in [-0.4, -0.2) is 98.3 Å². The number of ether oxygens (including phenoxy) is 1. The number of pyridine rings is 1. The fourth-order valence-electron chi connectivity index (χ4n) is 7.43. The Hall–Kier alpha value is -4.02. The third kappa shape index (κ3) is 7.05. The lowest BCUT2D eigenvalue weighted by Crippen LogP contribution is -2.49. The van der Waals surface area contributed by atoms with Crippen LogP contribution in [0.25, 0.3) is 10.8 Å². The van der Waals surface area contributed by atoms with Crippen LogP contribution >= 0.6 is 0 Å². The van der Waals surface area contributed by atoms with Crippen molar-refractivity contribution in [3.05, 3.63) is 41.7 Å². The number of piperidine rings is 1. The molecule has 3 aliphatic heterocycles. The Morgan fingerprint density at radius 2 is 1.90 bits per heavy atom. The average Bonchev–Trinajstić information content (AvgIpc) is 3.52. The van der Waals surface area contributed by atoms with Crippen LogP contribution in [0.15, 0.2) is 30.6 Å². The van der Waals surface area contributed by atoms with Gasteiger partial charge < -0.3 is 24.8 Å². The molecule has 3 saturated heterocycles. The first-order valence-corrected chi connectivity index (χ1v) is 18.7. The molecule has 1 aromatic carbocycles. The molecular formula is C35H44FN7O4S. The summed E-state index contributed by atoms with van der Waals surface area (Å²) in [6.45, 7) is 8.64. The Morgan fingerprint density at radius 1 is 1.10 bits per heavy atom. The second-order valence-electron chi connectivity index (χ2n) is 13.5. The second-order valence-corrected chi connectivity index (χ2v) is 15.6. The van der Waals surface area contributed by atoms with Gasteiger partial charge in [-0.25, -0.2) is 22.8 Å². The smallest absolute Gasteiger partial charge is 0.298 e.